The summed E-state index contributed by atoms with van der Waals surface area (Å²) in [7, 11) is 0. The molecular formula is C19H24FNO2. The van der Waals surface area contributed by atoms with Crippen molar-refractivity contribution in [1.29, 1.82) is 0 Å². The van der Waals surface area contributed by atoms with Gasteiger partial charge in [-0.1, -0.05) is 26.0 Å². The van der Waals surface area contributed by atoms with E-state index in [4.69, 9.17) is 4.42 Å². The number of amides is 1. The number of hydrogen-bond donors (Lipinski definition) is 0. The summed E-state index contributed by atoms with van der Waals surface area (Å²) in [6.45, 7) is 8.63. The molecule has 0 fully saturated rings. The Kier molecular flexibility index (Phi) is 5.59. The van der Waals surface area contributed by atoms with Crippen LogP contribution >= 0.6 is 0 Å². The zero-order valence-corrected chi connectivity index (χ0v) is 14.2. The second kappa shape index (κ2) is 7.44. The average Bonchev–Trinajstić information content (AvgIpc) is 2.94. The topological polar surface area (TPSA) is 33.5 Å². The molecule has 23 heavy (non-hydrogen) atoms. The molecule has 1 aromatic heterocycles. The lowest BCUT2D eigenvalue weighted by atomic mass is 9.94. The highest BCUT2D eigenvalue weighted by Gasteiger charge is 2.28. The Morgan fingerprint density at radius 1 is 1.22 bits per heavy atom. The molecule has 0 saturated heterocycles. The van der Waals surface area contributed by atoms with Gasteiger partial charge in [0.05, 0.1) is 6.26 Å². The van der Waals surface area contributed by atoms with Crippen LogP contribution in [0.3, 0.4) is 0 Å². The first kappa shape index (κ1) is 17.3. The van der Waals surface area contributed by atoms with Crippen molar-refractivity contribution in [2.75, 3.05) is 6.54 Å². The van der Waals surface area contributed by atoms with Crippen molar-refractivity contribution in [2.24, 2.45) is 5.92 Å². The molecular weight excluding hydrogens is 293 g/mol. The molecule has 1 atom stereocenters. The minimum atomic E-state index is -0.246. The summed E-state index contributed by atoms with van der Waals surface area (Å²) in [4.78, 5) is 14.7. The van der Waals surface area contributed by atoms with Crippen molar-refractivity contribution in [1.82, 2.24) is 4.90 Å². The van der Waals surface area contributed by atoms with Gasteiger partial charge in [-0.15, -0.1) is 0 Å². The lowest BCUT2D eigenvalue weighted by molar-refractivity contribution is 0.0605. The van der Waals surface area contributed by atoms with E-state index < -0.39 is 0 Å². The van der Waals surface area contributed by atoms with Crippen molar-refractivity contribution in [3.05, 3.63) is 59.3 Å². The van der Waals surface area contributed by atoms with E-state index in [1.54, 1.807) is 24.5 Å². The van der Waals surface area contributed by atoms with Gasteiger partial charge in [0, 0.05) is 18.2 Å². The third-order valence-electron chi connectivity index (χ3n) is 4.19. The van der Waals surface area contributed by atoms with Gasteiger partial charge in [0.2, 0.25) is 0 Å². The number of halogens is 1. The van der Waals surface area contributed by atoms with Gasteiger partial charge in [0.1, 0.15) is 5.82 Å². The number of hydrogen-bond acceptors (Lipinski definition) is 2. The number of likely N-dealkylation sites (N-methyl/N-ethyl adjacent to an activating group) is 1. The van der Waals surface area contributed by atoms with Gasteiger partial charge in [-0.2, -0.15) is 0 Å². The van der Waals surface area contributed by atoms with Crippen molar-refractivity contribution >= 4 is 5.91 Å². The lowest BCUT2D eigenvalue weighted by Gasteiger charge is -2.33. The van der Waals surface area contributed by atoms with Gasteiger partial charge in [0.15, 0.2) is 5.76 Å². The fraction of sp³-hybridized carbons (Fsp3) is 0.421. The average molecular weight is 317 g/mol. The molecule has 1 unspecified atom stereocenters. The molecule has 1 heterocycles. The summed E-state index contributed by atoms with van der Waals surface area (Å²) in [6.07, 6.45) is 2.23. The quantitative estimate of drug-likeness (QED) is 0.788. The molecule has 0 aliphatic heterocycles. The van der Waals surface area contributed by atoms with Crippen LogP contribution in [0.4, 0.5) is 4.39 Å². The van der Waals surface area contributed by atoms with E-state index in [2.05, 4.69) is 13.8 Å². The van der Waals surface area contributed by atoms with Gasteiger partial charge >= 0.3 is 0 Å². The van der Waals surface area contributed by atoms with Crippen molar-refractivity contribution in [3.63, 3.8) is 0 Å². The third-order valence-corrected chi connectivity index (χ3v) is 4.19. The molecule has 0 spiro atoms. The van der Waals surface area contributed by atoms with E-state index in [1.807, 2.05) is 18.7 Å². The van der Waals surface area contributed by atoms with Crippen LogP contribution < -0.4 is 0 Å². The Morgan fingerprint density at radius 3 is 2.35 bits per heavy atom. The van der Waals surface area contributed by atoms with Gasteiger partial charge in [-0.05, 0) is 49.9 Å². The number of nitrogens with zero attached hydrogens (tertiary/aromatic N) is 1. The Bertz CT molecular complexity index is 646. The summed E-state index contributed by atoms with van der Waals surface area (Å²) < 4.78 is 18.5. The van der Waals surface area contributed by atoms with Crippen LogP contribution in [0.1, 0.15) is 42.5 Å². The minimum absolute atomic E-state index is 0.0301. The fourth-order valence-corrected chi connectivity index (χ4v) is 2.82. The number of carbonyl (C=O) groups is 1. The number of furan rings is 1. The maximum atomic E-state index is 13.1. The van der Waals surface area contributed by atoms with E-state index in [9.17, 15) is 9.18 Å². The lowest BCUT2D eigenvalue weighted by Crippen LogP contribution is -2.44. The summed E-state index contributed by atoms with van der Waals surface area (Å²) in [5.74, 6) is 0.344. The molecule has 124 valence electrons. The molecule has 1 amide bonds. The van der Waals surface area contributed by atoms with Crippen LogP contribution in [0.2, 0.25) is 0 Å². The molecule has 0 bridgehead atoms. The van der Waals surface area contributed by atoms with Gasteiger partial charge in [-0.25, -0.2) is 4.39 Å². The molecule has 0 aliphatic rings. The summed E-state index contributed by atoms with van der Waals surface area (Å²) >= 11 is 0. The van der Waals surface area contributed by atoms with Crippen LogP contribution in [-0.2, 0) is 6.42 Å². The fourth-order valence-electron chi connectivity index (χ4n) is 2.82. The van der Waals surface area contributed by atoms with Crippen LogP contribution in [0.15, 0.2) is 41.0 Å². The Morgan fingerprint density at radius 2 is 1.87 bits per heavy atom. The molecule has 0 radical (unpaired) electrons. The van der Waals surface area contributed by atoms with E-state index in [1.165, 1.54) is 12.1 Å². The minimum Gasteiger partial charge on any atom is -0.459 e. The van der Waals surface area contributed by atoms with Crippen LogP contribution in [-0.4, -0.2) is 23.4 Å². The van der Waals surface area contributed by atoms with Crippen LogP contribution in [0, 0.1) is 18.7 Å². The molecule has 0 aliphatic carbocycles. The molecule has 4 heteroatoms. The molecule has 0 N–H and O–H groups in total. The Labute approximate surface area is 137 Å². The summed E-state index contributed by atoms with van der Waals surface area (Å²) in [5, 5.41) is 0. The highest BCUT2D eigenvalue weighted by atomic mass is 19.1. The maximum Gasteiger partial charge on any atom is 0.290 e. The molecule has 0 saturated carbocycles. The third kappa shape index (κ3) is 4.01. The van der Waals surface area contributed by atoms with Gasteiger partial charge in [0.25, 0.3) is 5.91 Å². The number of aryl methyl sites for hydroxylation is 1. The standard InChI is InChI=1S/C19H24FNO2/c1-5-21(19(22)18-14(4)10-11-23-18)17(13(2)3)12-15-6-8-16(20)9-7-15/h6-11,13,17H,5,12H2,1-4H3. The van der Waals surface area contributed by atoms with E-state index in [-0.39, 0.29) is 23.7 Å². The normalized spacial score (nSPS) is 12.4. The van der Waals surface area contributed by atoms with Crippen LogP contribution in [0.5, 0.6) is 0 Å². The summed E-state index contributed by atoms with van der Waals surface area (Å²) in [6, 6.07) is 8.30. The number of carbonyl (C=O) groups excluding carboxylic acids is 1. The number of rotatable bonds is 6. The SMILES string of the molecule is CCN(C(=O)c1occc1C)C(Cc1ccc(F)cc1)C(C)C. The maximum absolute atomic E-state index is 13.1. The predicted molar refractivity (Wildman–Crippen MR) is 88.9 cm³/mol. The first-order valence-corrected chi connectivity index (χ1v) is 8.03. The first-order chi connectivity index (χ1) is 10.9. The van der Waals surface area contributed by atoms with Gasteiger partial charge in [-0.3, -0.25) is 4.79 Å². The number of benzene rings is 1. The first-order valence-electron chi connectivity index (χ1n) is 8.03. The zero-order valence-electron chi connectivity index (χ0n) is 14.2. The van der Waals surface area contributed by atoms with E-state index in [0.29, 0.717) is 18.7 Å². The van der Waals surface area contributed by atoms with E-state index >= 15 is 0 Å². The van der Waals surface area contributed by atoms with Gasteiger partial charge < -0.3 is 9.32 Å². The molecule has 2 aromatic rings. The predicted octanol–water partition coefficient (Wildman–Crippen LogP) is 4.46. The second-order valence-electron chi connectivity index (χ2n) is 6.17. The monoisotopic (exact) mass is 317 g/mol. The largest absolute Gasteiger partial charge is 0.459 e. The molecule has 2 rings (SSSR count). The van der Waals surface area contributed by atoms with Crippen molar-refractivity contribution in [2.45, 2.75) is 40.2 Å². The highest BCUT2D eigenvalue weighted by Crippen LogP contribution is 2.21. The second-order valence-corrected chi connectivity index (χ2v) is 6.17. The molecule has 3 nitrogen and oxygen atoms in total. The smallest absolute Gasteiger partial charge is 0.290 e. The van der Waals surface area contributed by atoms with E-state index in [0.717, 1.165) is 11.1 Å². The zero-order chi connectivity index (χ0) is 17.0. The van der Waals surface area contributed by atoms with Crippen LogP contribution in [0.25, 0.3) is 0 Å². The van der Waals surface area contributed by atoms with Crippen molar-refractivity contribution < 1.29 is 13.6 Å². The van der Waals surface area contributed by atoms with Crippen molar-refractivity contribution in [3.8, 4) is 0 Å². The Hall–Kier alpha value is -2.10. The Balaban J connectivity index is 2.25. The molecule has 1 aromatic carbocycles. The highest BCUT2D eigenvalue weighted by molar-refractivity contribution is 5.93. The summed E-state index contributed by atoms with van der Waals surface area (Å²) in [5.41, 5.74) is 1.87.